The Kier molecular flexibility index (Phi) is 5.18. The molecule has 4 rings (SSSR count). The Balaban J connectivity index is 1.24. The summed E-state index contributed by atoms with van der Waals surface area (Å²) in [6.07, 6.45) is 7.96. The highest BCUT2D eigenvalue weighted by molar-refractivity contribution is 5.35. The van der Waals surface area contributed by atoms with Crippen molar-refractivity contribution in [3.05, 3.63) is 72.2 Å². The molecule has 5 nitrogen and oxygen atoms in total. The van der Waals surface area contributed by atoms with Crippen LogP contribution in [0.2, 0.25) is 0 Å². The van der Waals surface area contributed by atoms with Gasteiger partial charge in [0.2, 0.25) is 0 Å². The van der Waals surface area contributed by atoms with Crippen molar-refractivity contribution in [2.75, 3.05) is 13.1 Å². The third kappa shape index (κ3) is 4.06. The molecule has 0 saturated carbocycles. The van der Waals surface area contributed by atoms with E-state index in [1.165, 1.54) is 18.4 Å². The third-order valence-corrected chi connectivity index (χ3v) is 5.18. The molecule has 136 valence electrons. The molecule has 1 aliphatic heterocycles. The van der Waals surface area contributed by atoms with Crippen LogP contribution in [0.5, 0.6) is 0 Å². The normalized spacial score (nSPS) is 16.2. The minimum Gasteiger partial charge on any atom is -0.468 e. The maximum atomic E-state index is 5.45. The number of piperidine rings is 1. The van der Waals surface area contributed by atoms with E-state index in [9.17, 15) is 0 Å². The zero-order chi connectivity index (χ0) is 17.8. The van der Waals surface area contributed by atoms with Gasteiger partial charge in [-0.3, -0.25) is 4.90 Å². The van der Waals surface area contributed by atoms with Crippen LogP contribution >= 0.6 is 0 Å². The largest absolute Gasteiger partial charge is 0.468 e. The number of imidazole rings is 1. The van der Waals surface area contributed by atoms with Crippen molar-refractivity contribution in [3.8, 4) is 5.69 Å². The first kappa shape index (κ1) is 17.1. The van der Waals surface area contributed by atoms with Crippen molar-refractivity contribution in [3.63, 3.8) is 0 Å². The summed E-state index contributed by atoms with van der Waals surface area (Å²) < 4.78 is 7.55. The van der Waals surface area contributed by atoms with E-state index in [4.69, 9.17) is 4.42 Å². The van der Waals surface area contributed by atoms with Gasteiger partial charge in [-0.25, -0.2) is 4.98 Å². The minimum absolute atomic E-state index is 0.596. The maximum absolute atomic E-state index is 5.45. The standard InChI is InChI=1S/C21H26N4O/c1-17-22-10-13-25(17)20-6-4-18(5-7-20)15-23-19-8-11-24(12-9-19)16-21-3-2-14-26-21/h2-7,10,13-14,19,23H,8-9,11-12,15-16H2,1H3. The summed E-state index contributed by atoms with van der Waals surface area (Å²) in [7, 11) is 0. The predicted octanol–water partition coefficient (Wildman–Crippen LogP) is 3.53. The monoisotopic (exact) mass is 350 g/mol. The number of aryl methyl sites for hydroxylation is 1. The lowest BCUT2D eigenvalue weighted by Gasteiger charge is -2.32. The van der Waals surface area contributed by atoms with Gasteiger partial charge in [-0.15, -0.1) is 0 Å². The molecule has 0 radical (unpaired) electrons. The molecule has 1 fully saturated rings. The fourth-order valence-electron chi connectivity index (χ4n) is 3.61. The van der Waals surface area contributed by atoms with Crippen molar-refractivity contribution in [2.45, 2.75) is 38.9 Å². The van der Waals surface area contributed by atoms with Gasteiger partial charge in [0, 0.05) is 43.8 Å². The number of benzene rings is 1. The van der Waals surface area contributed by atoms with Gasteiger partial charge < -0.3 is 14.3 Å². The Labute approximate surface area is 154 Å². The molecule has 3 aromatic rings. The van der Waals surface area contributed by atoms with Gasteiger partial charge >= 0.3 is 0 Å². The summed E-state index contributed by atoms with van der Waals surface area (Å²) in [5.41, 5.74) is 2.49. The van der Waals surface area contributed by atoms with E-state index in [0.717, 1.165) is 43.5 Å². The van der Waals surface area contributed by atoms with Gasteiger partial charge in [0.15, 0.2) is 0 Å². The number of hydrogen-bond donors (Lipinski definition) is 1. The lowest BCUT2D eigenvalue weighted by molar-refractivity contribution is 0.178. The fraction of sp³-hybridized carbons (Fsp3) is 0.381. The van der Waals surface area contributed by atoms with Gasteiger partial charge in [-0.1, -0.05) is 12.1 Å². The van der Waals surface area contributed by atoms with E-state index in [0.29, 0.717) is 6.04 Å². The Hall–Kier alpha value is -2.37. The Morgan fingerprint density at radius 1 is 1.15 bits per heavy atom. The molecule has 0 bridgehead atoms. The highest BCUT2D eigenvalue weighted by Gasteiger charge is 2.19. The third-order valence-electron chi connectivity index (χ3n) is 5.18. The van der Waals surface area contributed by atoms with Crippen LogP contribution in [-0.4, -0.2) is 33.6 Å². The Bertz CT molecular complexity index is 799. The lowest BCUT2D eigenvalue weighted by Crippen LogP contribution is -2.41. The van der Waals surface area contributed by atoms with Crippen LogP contribution in [0, 0.1) is 6.92 Å². The number of rotatable bonds is 6. The molecule has 1 N–H and O–H groups in total. The van der Waals surface area contributed by atoms with Crippen molar-refractivity contribution in [1.29, 1.82) is 0 Å². The lowest BCUT2D eigenvalue weighted by atomic mass is 10.0. The average molecular weight is 350 g/mol. The predicted molar refractivity (Wildman–Crippen MR) is 102 cm³/mol. The van der Waals surface area contributed by atoms with Crippen LogP contribution < -0.4 is 5.32 Å². The van der Waals surface area contributed by atoms with Gasteiger partial charge in [-0.05, 0) is 49.6 Å². The van der Waals surface area contributed by atoms with Gasteiger partial charge in [0.25, 0.3) is 0 Å². The van der Waals surface area contributed by atoms with Crippen LogP contribution in [0.15, 0.2) is 59.5 Å². The zero-order valence-corrected chi connectivity index (χ0v) is 15.3. The molecule has 0 aliphatic carbocycles. The van der Waals surface area contributed by atoms with Crippen molar-refractivity contribution >= 4 is 0 Å². The van der Waals surface area contributed by atoms with Crippen molar-refractivity contribution in [1.82, 2.24) is 19.8 Å². The highest BCUT2D eigenvalue weighted by atomic mass is 16.3. The van der Waals surface area contributed by atoms with E-state index >= 15 is 0 Å². The SMILES string of the molecule is Cc1nccn1-c1ccc(CNC2CCN(Cc3ccco3)CC2)cc1. The number of hydrogen-bond acceptors (Lipinski definition) is 4. The molecule has 0 unspecified atom stereocenters. The van der Waals surface area contributed by atoms with Crippen molar-refractivity contribution in [2.24, 2.45) is 0 Å². The van der Waals surface area contributed by atoms with Crippen LogP contribution in [0.1, 0.15) is 30.0 Å². The first-order chi connectivity index (χ1) is 12.8. The van der Waals surface area contributed by atoms with E-state index in [1.807, 2.05) is 25.4 Å². The van der Waals surface area contributed by atoms with Crippen LogP contribution in [0.4, 0.5) is 0 Å². The summed E-state index contributed by atoms with van der Waals surface area (Å²) in [5, 5.41) is 3.71. The van der Waals surface area contributed by atoms with E-state index in [1.54, 1.807) is 6.26 Å². The summed E-state index contributed by atoms with van der Waals surface area (Å²) in [5.74, 6) is 2.07. The van der Waals surface area contributed by atoms with Crippen LogP contribution in [0.25, 0.3) is 5.69 Å². The Morgan fingerprint density at radius 3 is 2.62 bits per heavy atom. The zero-order valence-electron chi connectivity index (χ0n) is 15.3. The van der Waals surface area contributed by atoms with Gasteiger partial charge in [-0.2, -0.15) is 0 Å². The first-order valence-electron chi connectivity index (χ1n) is 9.35. The second kappa shape index (κ2) is 7.89. The van der Waals surface area contributed by atoms with Crippen molar-refractivity contribution < 1.29 is 4.42 Å². The van der Waals surface area contributed by atoms with E-state index < -0.39 is 0 Å². The molecular weight excluding hydrogens is 324 g/mol. The molecule has 26 heavy (non-hydrogen) atoms. The summed E-state index contributed by atoms with van der Waals surface area (Å²) >= 11 is 0. The summed E-state index contributed by atoms with van der Waals surface area (Å²) in [6.45, 7) is 6.11. The molecule has 1 saturated heterocycles. The van der Waals surface area contributed by atoms with Crippen LogP contribution in [0.3, 0.4) is 0 Å². The molecule has 1 aliphatic rings. The molecule has 5 heteroatoms. The number of furan rings is 1. The highest BCUT2D eigenvalue weighted by Crippen LogP contribution is 2.16. The molecular formula is C21H26N4O. The summed E-state index contributed by atoms with van der Waals surface area (Å²) in [6, 6.07) is 13.3. The summed E-state index contributed by atoms with van der Waals surface area (Å²) in [4.78, 5) is 6.75. The number of nitrogens with zero attached hydrogens (tertiary/aromatic N) is 3. The van der Waals surface area contributed by atoms with Gasteiger partial charge in [0.1, 0.15) is 11.6 Å². The smallest absolute Gasteiger partial charge is 0.117 e. The number of likely N-dealkylation sites (tertiary alicyclic amines) is 1. The van der Waals surface area contributed by atoms with E-state index in [-0.39, 0.29) is 0 Å². The number of nitrogens with one attached hydrogen (secondary N) is 1. The molecule has 1 aromatic carbocycles. The molecule has 0 atom stereocenters. The second-order valence-electron chi connectivity index (χ2n) is 7.02. The molecule has 2 aromatic heterocycles. The van der Waals surface area contributed by atoms with Crippen LogP contribution in [-0.2, 0) is 13.1 Å². The topological polar surface area (TPSA) is 46.2 Å². The second-order valence-corrected chi connectivity index (χ2v) is 7.02. The molecule has 0 amide bonds. The van der Waals surface area contributed by atoms with Gasteiger partial charge in [0.05, 0.1) is 12.8 Å². The Morgan fingerprint density at radius 2 is 1.96 bits per heavy atom. The first-order valence-corrected chi connectivity index (χ1v) is 9.35. The average Bonchev–Trinajstić information content (AvgIpc) is 3.33. The molecule has 0 spiro atoms. The minimum atomic E-state index is 0.596. The fourth-order valence-corrected chi connectivity index (χ4v) is 3.61. The molecule has 3 heterocycles. The quantitative estimate of drug-likeness (QED) is 0.739. The maximum Gasteiger partial charge on any atom is 0.117 e. The number of aromatic nitrogens is 2. The van der Waals surface area contributed by atoms with E-state index in [2.05, 4.69) is 50.1 Å².